The van der Waals surface area contributed by atoms with Crippen molar-refractivity contribution in [1.82, 2.24) is 5.32 Å². The van der Waals surface area contributed by atoms with E-state index in [0.717, 1.165) is 89.9 Å². The topological polar surface area (TPSA) is 307 Å². The lowest BCUT2D eigenvalue weighted by molar-refractivity contribution is -0.379. The van der Waals surface area contributed by atoms with Gasteiger partial charge >= 0.3 is 0 Å². The number of hydrogen-bond acceptors (Lipinski definition) is 18. The Morgan fingerprint density at radius 1 is 0.480 bits per heavy atom. The Labute approximate surface area is 445 Å². The van der Waals surface area contributed by atoms with E-state index in [1.54, 1.807) is 12.2 Å². The molecule has 3 aliphatic heterocycles. The molecule has 0 radical (unpaired) electrons. The summed E-state index contributed by atoms with van der Waals surface area (Å²) in [4.78, 5) is 13.3. The largest absolute Gasteiger partial charge is 0.394 e. The molecule has 3 aliphatic rings. The van der Waals surface area contributed by atoms with Crippen molar-refractivity contribution in [3.63, 3.8) is 0 Å². The molecule has 0 bridgehead atoms. The van der Waals surface area contributed by atoms with Gasteiger partial charge in [0, 0.05) is 6.42 Å². The Bertz CT molecular complexity index is 1660. The average Bonchev–Trinajstić information content (AvgIpc) is 3.41. The number of amides is 1. The van der Waals surface area contributed by atoms with E-state index < -0.39 is 124 Å². The fraction of sp³-hybridized carbons (Fsp3) is 0.768. The number of aliphatic hydroxyl groups excluding tert-OH is 11. The first-order valence-corrected chi connectivity index (χ1v) is 27.7. The zero-order valence-corrected chi connectivity index (χ0v) is 44.5. The number of hydrogen-bond donors (Lipinski definition) is 12. The first-order chi connectivity index (χ1) is 36.3. The van der Waals surface area contributed by atoms with Crippen LogP contribution >= 0.6 is 0 Å². The maximum absolute atomic E-state index is 13.3. The summed E-state index contributed by atoms with van der Waals surface area (Å²) in [5.41, 5.74) is 0. The van der Waals surface area contributed by atoms with E-state index in [1.807, 2.05) is 0 Å². The van der Waals surface area contributed by atoms with Gasteiger partial charge < -0.3 is 89.9 Å². The molecule has 3 heterocycles. The van der Waals surface area contributed by atoms with Crippen LogP contribution in [0.3, 0.4) is 0 Å². The summed E-state index contributed by atoms with van der Waals surface area (Å²) in [6.45, 7) is 1.53. The van der Waals surface area contributed by atoms with Gasteiger partial charge in [0.2, 0.25) is 5.91 Å². The minimum atomic E-state index is -1.98. The van der Waals surface area contributed by atoms with E-state index in [-0.39, 0.29) is 18.9 Å². The normalized spacial score (nSPS) is 31.8. The molecule has 0 aromatic rings. The number of carbonyl (C=O) groups excluding carboxylic acids is 1. The molecule has 1 amide bonds. The summed E-state index contributed by atoms with van der Waals surface area (Å²) in [6, 6.07) is -1.00. The minimum Gasteiger partial charge on any atom is -0.394 e. The van der Waals surface area contributed by atoms with Crippen molar-refractivity contribution in [2.24, 2.45) is 0 Å². The molecule has 0 aliphatic carbocycles. The van der Waals surface area contributed by atoms with Crippen LogP contribution < -0.4 is 5.32 Å². The highest BCUT2D eigenvalue weighted by Gasteiger charge is 2.53. The molecule has 19 heteroatoms. The van der Waals surface area contributed by atoms with E-state index in [0.29, 0.717) is 12.8 Å². The maximum atomic E-state index is 13.3. The van der Waals surface area contributed by atoms with Crippen molar-refractivity contribution < 1.29 is 89.4 Å². The second-order valence-electron chi connectivity index (χ2n) is 19.7. The highest BCUT2D eigenvalue weighted by Crippen LogP contribution is 2.33. The van der Waals surface area contributed by atoms with Crippen molar-refractivity contribution >= 4 is 5.91 Å². The fourth-order valence-electron chi connectivity index (χ4n) is 8.82. The number of allylic oxidation sites excluding steroid dienone is 11. The van der Waals surface area contributed by atoms with Gasteiger partial charge in [-0.05, 0) is 77.0 Å². The molecule has 0 aromatic heterocycles. The lowest BCUT2D eigenvalue weighted by atomic mass is 9.96. The smallest absolute Gasteiger partial charge is 0.220 e. The van der Waals surface area contributed by atoms with Gasteiger partial charge in [-0.1, -0.05) is 132 Å². The Morgan fingerprint density at radius 2 is 0.920 bits per heavy atom. The van der Waals surface area contributed by atoms with Crippen LogP contribution in [0.15, 0.2) is 72.9 Å². The highest BCUT2D eigenvalue weighted by molar-refractivity contribution is 5.76. The molecule has 12 N–H and O–H groups in total. The van der Waals surface area contributed by atoms with Crippen LogP contribution in [-0.4, -0.2) is 193 Å². The number of ether oxygens (including phenoxy) is 6. The second kappa shape index (κ2) is 39.6. The third-order valence-electron chi connectivity index (χ3n) is 13.4. The van der Waals surface area contributed by atoms with E-state index in [9.17, 15) is 61.0 Å². The van der Waals surface area contributed by atoms with Gasteiger partial charge in [-0.15, -0.1) is 0 Å². The molecule has 3 fully saturated rings. The maximum Gasteiger partial charge on any atom is 0.220 e. The summed E-state index contributed by atoms with van der Waals surface area (Å²) >= 11 is 0. The van der Waals surface area contributed by atoms with Gasteiger partial charge in [-0.25, -0.2) is 0 Å². The van der Waals surface area contributed by atoms with E-state index >= 15 is 0 Å². The van der Waals surface area contributed by atoms with Crippen LogP contribution in [0, 0.1) is 0 Å². The molecule has 3 saturated heterocycles. The quantitative estimate of drug-likeness (QED) is 0.0311. The summed E-state index contributed by atoms with van der Waals surface area (Å²) in [7, 11) is 0. The highest BCUT2D eigenvalue weighted by atomic mass is 16.8. The van der Waals surface area contributed by atoms with E-state index in [1.165, 1.54) is 19.3 Å². The average molecular weight is 1070 g/mol. The molecule has 3 rings (SSSR count). The summed E-state index contributed by atoms with van der Waals surface area (Å²) in [5.74, 6) is -0.309. The lowest BCUT2D eigenvalue weighted by Gasteiger charge is -2.48. The number of aliphatic hydroxyl groups is 11. The van der Waals surface area contributed by atoms with E-state index in [2.05, 4.69) is 79.9 Å². The summed E-state index contributed by atoms with van der Waals surface area (Å²) < 4.78 is 34.1. The number of unbranched alkanes of at least 4 members (excludes halogenated alkanes) is 12. The summed E-state index contributed by atoms with van der Waals surface area (Å²) in [5, 5.41) is 120. The number of nitrogens with one attached hydrogen (secondary N) is 1. The van der Waals surface area contributed by atoms with Crippen LogP contribution in [0.2, 0.25) is 0 Å². The standard InChI is InChI=1S/C56H95NO18/c1-3-5-7-9-11-13-15-16-17-18-19-20-21-22-24-26-28-30-32-34-44(62)57-39(40(61)33-31-29-27-25-23-14-12-10-8-6-4-2)38-70-54-50(68)47(65)52(42(36-59)72-54)75-56-51(69)48(66)53(43(37-60)73-56)74-55-49(67)46(64)45(63)41(35-58)71-55/h8,10-11,13,16-17,19-20,23,25,31,33,39-43,45-56,58-61,63-69H,3-7,9,12,14-15,18,21-22,24,26-30,32,34-38H2,1-2H3,(H,57,62)/b10-8+,13-11-,17-16-,20-19-,25-23+,33-31+. The SMILES string of the molecule is CCC/C=C/CC/C=C/CC/C=C/C(O)C(COC1OC(CO)C(OC2OC(CO)C(OC3OC(CO)C(O)C(O)C3O)C(O)C2O)C(O)C1O)NC(=O)CCCCCCCC/C=C\C/C=C\C/C=C\CCCCC. The zero-order valence-electron chi connectivity index (χ0n) is 44.5. The Balaban J connectivity index is 1.53. The first-order valence-electron chi connectivity index (χ1n) is 27.7. The van der Waals surface area contributed by atoms with Gasteiger partial charge in [0.25, 0.3) is 0 Å². The van der Waals surface area contributed by atoms with Crippen molar-refractivity contribution in [3.8, 4) is 0 Å². The Morgan fingerprint density at radius 3 is 1.47 bits per heavy atom. The number of rotatable bonds is 38. The molecule has 0 aromatic carbocycles. The molecule has 17 unspecified atom stereocenters. The molecule has 0 spiro atoms. The molecule has 0 saturated carbocycles. The van der Waals surface area contributed by atoms with Crippen molar-refractivity contribution in [1.29, 1.82) is 0 Å². The van der Waals surface area contributed by atoms with Crippen LogP contribution in [0.5, 0.6) is 0 Å². The van der Waals surface area contributed by atoms with Gasteiger partial charge in [0.1, 0.15) is 73.2 Å². The van der Waals surface area contributed by atoms with Crippen LogP contribution in [-0.2, 0) is 33.2 Å². The van der Waals surface area contributed by atoms with Crippen LogP contribution in [0.4, 0.5) is 0 Å². The molecule has 432 valence electrons. The lowest BCUT2D eigenvalue weighted by Crippen LogP contribution is -2.66. The molecule has 19 nitrogen and oxygen atoms in total. The Hall–Kier alpha value is -2.77. The fourth-order valence-corrected chi connectivity index (χ4v) is 8.82. The van der Waals surface area contributed by atoms with Crippen LogP contribution in [0.25, 0.3) is 0 Å². The Kier molecular flexibility index (Phi) is 35.1. The summed E-state index contributed by atoms with van der Waals surface area (Å²) in [6.07, 6.45) is 17.6. The third kappa shape index (κ3) is 24.4. The van der Waals surface area contributed by atoms with Gasteiger partial charge in [0.15, 0.2) is 18.9 Å². The zero-order chi connectivity index (χ0) is 54.8. The second-order valence-corrected chi connectivity index (χ2v) is 19.7. The van der Waals surface area contributed by atoms with Gasteiger partial charge in [0.05, 0.1) is 38.6 Å². The van der Waals surface area contributed by atoms with E-state index in [4.69, 9.17) is 28.4 Å². The van der Waals surface area contributed by atoms with Crippen LogP contribution in [0.1, 0.15) is 142 Å². The monoisotopic (exact) mass is 1070 g/mol. The molecular weight excluding hydrogens is 975 g/mol. The van der Waals surface area contributed by atoms with Gasteiger partial charge in [-0.3, -0.25) is 4.79 Å². The predicted molar refractivity (Wildman–Crippen MR) is 281 cm³/mol. The first kappa shape index (κ1) is 66.5. The van der Waals surface area contributed by atoms with Crippen molar-refractivity contribution in [3.05, 3.63) is 72.9 Å². The number of carbonyl (C=O) groups is 1. The predicted octanol–water partition coefficient (Wildman–Crippen LogP) is 3.48. The van der Waals surface area contributed by atoms with Crippen molar-refractivity contribution in [2.75, 3.05) is 26.4 Å². The third-order valence-corrected chi connectivity index (χ3v) is 13.4. The molecule has 17 atom stereocenters. The molecule has 75 heavy (non-hydrogen) atoms. The van der Waals surface area contributed by atoms with Crippen molar-refractivity contribution in [2.45, 2.75) is 247 Å². The molecular formula is C56H95NO18. The van der Waals surface area contributed by atoms with Gasteiger partial charge in [-0.2, -0.15) is 0 Å². The minimum absolute atomic E-state index is 0.213.